The molecule has 25 heavy (non-hydrogen) atoms. The van der Waals surface area contributed by atoms with Gasteiger partial charge in [0.15, 0.2) is 5.82 Å². The summed E-state index contributed by atoms with van der Waals surface area (Å²) >= 11 is 0. The number of hydrogen-bond donors (Lipinski definition) is 1. The zero-order valence-electron chi connectivity index (χ0n) is 14.3. The van der Waals surface area contributed by atoms with Crippen molar-refractivity contribution in [1.29, 1.82) is 0 Å². The Labute approximate surface area is 145 Å². The highest BCUT2D eigenvalue weighted by Gasteiger charge is 2.30. The van der Waals surface area contributed by atoms with Gasteiger partial charge in [-0.15, -0.1) is 0 Å². The molecule has 0 saturated heterocycles. The van der Waals surface area contributed by atoms with Crippen molar-refractivity contribution in [1.82, 2.24) is 20.0 Å². The summed E-state index contributed by atoms with van der Waals surface area (Å²) in [6.07, 6.45) is 3.83. The lowest BCUT2D eigenvalue weighted by Gasteiger charge is -2.10. The van der Waals surface area contributed by atoms with Crippen molar-refractivity contribution in [3.63, 3.8) is 0 Å². The molecule has 0 bridgehead atoms. The molecule has 3 aromatic rings. The second kappa shape index (κ2) is 6.23. The fraction of sp³-hybridized carbons (Fsp3) is 0.389. The van der Waals surface area contributed by atoms with Crippen molar-refractivity contribution < 1.29 is 13.7 Å². The quantitative estimate of drug-likeness (QED) is 0.745. The predicted octanol–water partition coefficient (Wildman–Crippen LogP) is 2.94. The third kappa shape index (κ3) is 3.22. The van der Waals surface area contributed by atoms with Crippen molar-refractivity contribution in [2.24, 2.45) is 0 Å². The minimum absolute atomic E-state index is 0.0988. The van der Waals surface area contributed by atoms with Gasteiger partial charge in [0.1, 0.15) is 18.0 Å². The van der Waals surface area contributed by atoms with Crippen LogP contribution in [0.3, 0.4) is 0 Å². The van der Waals surface area contributed by atoms with Gasteiger partial charge in [-0.25, -0.2) is 0 Å². The van der Waals surface area contributed by atoms with Crippen LogP contribution in [-0.4, -0.2) is 20.6 Å². The number of nitrogens with one attached hydrogen (secondary N) is 1. The first-order valence-corrected chi connectivity index (χ1v) is 8.41. The summed E-state index contributed by atoms with van der Waals surface area (Å²) in [6, 6.07) is 5.65. The molecular formula is C18H20N4O3. The molecule has 1 N–H and O–H groups in total. The van der Waals surface area contributed by atoms with E-state index in [-0.39, 0.29) is 12.5 Å². The van der Waals surface area contributed by atoms with Crippen LogP contribution in [0, 0.1) is 13.8 Å². The number of hydrogen-bond acceptors (Lipinski definition) is 5. The molecule has 0 atom stereocenters. The number of furan rings is 1. The van der Waals surface area contributed by atoms with E-state index < -0.39 is 0 Å². The molecule has 0 unspecified atom stereocenters. The van der Waals surface area contributed by atoms with Gasteiger partial charge in [0, 0.05) is 11.6 Å². The Morgan fingerprint density at radius 1 is 1.40 bits per heavy atom. The van der Waals surface area contributed by atoms with E-state index in [1.807, 2.05) is 30.5 Å². The van der Waals surface area contributed by atoms with E-state index in [0.29, 0.717) is 18.4 Å². The van der Waals surface area contributed by atoms with Crippen LogP contribution in [0.25, 0.3) is 11.6 Å². The lowest BCUT2D eigenvalue weighted by atomic mass is 10.2. The molecule has 1 aliphatic rings. The third-order valence-electron chi connectivity index (χ3n) is 4.42. The first-order valence-electron chi connectivity index (χ1n) is 8.41. The maximum atomic E-state index is 12.3. The number of amides is 1. The van der Waals surface area contributed by atoms with Crippen molar-refractivity contribution >= 4 is 5.91 Å². The lowest BCUT2D eigenvalue weighted by Crippen LogP contribution is -2.27. The Hall–Kier alpha value is -2.83. The first-order chi connectivity index (χ1) is 12.1. The second-order valence-electron chi connectivity index (χ2n) is 6.49. The van der Waals surface area contributed by atoms with Crippen LogP contribution in [0.15, 0.2) is 33.4 Å². The molecule has 1 amide bonds. The number of aromatic nitrogens is 3. The van der Waals surface area contributed by atoms with Gasteiger partial charge in [-0.1, -0.05) is 5.16 Å². The largest absolute Gasteiger partial charge is 0.467 e. The summed E-state index contributed by atoms with van der Waals surface area (Å²) in [5.74, 6) is 2.30. The average molecular weight is 340 g/mol. The number of carbonyl (C=O) groups excluding carboxylic acids is 1. The summed E-state index contributed by atoms with van der Waals surface area (Å²) in [6.45, 7) is 4.51. The van der Waals surface area contributed by atoms with Crippen LogP contribution < -0.4 is 5.32 Å². The predicted molar refractivity (Wildman–Crippen MR) is 89.7 cm³/mol. The Morgan fingerprint density at radius 2 is 2.24 bits per heavy atom. The van der Waals surface area contributed by atoms with Gasteiger partial charge < -0.3 is 18.8 Å². The van der Waals surface area contributed by atoms with Crippen LogP contribution >= 0.6 is 0 Å². The highest BCUT2D eigenvalue weighted by atomic mass is 16.5. The molecule has 4 rings (SSSR count). The van der Waals surface area contributed by atoms with Gasteiger partial charge in [-0.2, -0.15) is 4.98 Å². The lowest BCUT2D eigenvalue weighted by molar-refractivity contribution is -0.121. The second-order valence-corrected chi connectivity index (χ2v) is 6.49. The van der Waals surface area contributed by atoms with Crippen molar-refractivity contribution in [2.45, 2.75) is 45.7 Å². The van der Waals surface area contributed by atoms with E-state index >= 15 is 0 Å². The maximum absolute atomic E-state index is 12.3. The molecule has 1 saturated carbocycles. The van der Waals surface area contributed by atoms with Crippen LogP contribution in [0.4, 0.5) is 0 Å². The molecule has 1 aliphatic carbocycles. The maximum Gasteiger partial charge on any atom is 0.274 e. The van der Waals surface area contributed by atoms with Crippen LogP contribution in [0.1, 0.15) is 41.6 Å². The van der Waals surface area contributed by atoms with Crippen molar-refractivity contribution in [3.05, 3.63) is 47.3 Å². The Bertz CT molecular complexity index is 888. The highest BCUT2D eigenvalue weighted by Crippen LogP contribution is 2.39. The monoisotopic (exact) mass is 340 g/mol. The van der Waals surface area contributed by atoms with E-state index in [9.17, 15) is 4.79 Å². The van der Waals surface area contributed by atoms with Gasteiger partial charge in [0.05, 0.1) is 12.8 Å². The molecule has 3 aromatic heterocycles. The molecule has 1 fully saturated rings. The Balaban J connectivity index is 1.53. The van der Waals surface area contributed by atoms with Crippen LogP contribution in [-0.2, 0) is 17.9 Å². The average Bonchev–Trinajstić information content (AvgIpc) is 3.00. The standard InChI is InChI=1S/C18H20N4O3/c1-11-8-12(2)22(10-15(23)19-9-14-4-3-7-24-14)16(11)18-20-17(21-25-18)13-5-6-13/h3-4,7-8,13H,5-6,9-10H2,1-2H3,(H,19,23). The van der Waals surface area contributed by atoms with E-state index in [2.05, 4.69) is 15.5 Å². The topological polar surface area (TPSA) is 86.1 Å². The summed E-state index contributed by atoms with van der Waals surface area (Å²) in [4.78, 5) is 16.9. The van der Waals surface area contributed by atoms with E-state index in [4.69, 9.17) is 8.94 Å². The van der Waals surface area contributed by atoms with Crippen molar-refractivity contribution in [3.8, 4) is 11.6 Å². The SMILES string of the molecule is Cc1cc(C)n(CC(=O)NCc2ccco2)c1-c1nc(C2CC2)no1. The minimum atomic E-state index is -0.0988. The molecule has 0 spiro atoms. The zero-order chi connectivity index (χ0) is 17.4. The summed E-state index contributed by atoms with van der Waals surface area (Å²) in [5.41, 5.74) is 2.80. The minimum Gasteiger partial charge on any atom is -0.467 e. The molecule has 3 heterocycles. The van der Waals surface area contributed by atoms with Gasteiger partial charge in [0.2, 0.25) is 5.91 Å². The fourth-order valence-corrected chi connectivity index (χ4v) is 2.97. The molecule has 0 aromatic carbocycles. The Morgan fingerprint density at radius 3 is 2.96 bits per heavy atom. The normalized spacial score (nSPS) is 14.0. The number of rotatable bonds is 6. The number of carbonyl (C=O) groups is 1. The highest BCUT2D eigenvalue weighted by molar-refractivity contribution is 5.77. The molecule has 7 nitrogen and oxygen atoms in total. The smallest absolute Gasteiger partial charge is 0.274 e. The molecule has 130 valence electrons. The van der Waals surface area contributed by atoms with E-state index in [0.717, 1.165) is 41.4 Å². The first kappa shape index (κ1) is 15.7. The molecule has 0 radical (unpaired) electrons. The Kier molecular flexibility index (Phi) is 3.91. The molecule has 7 heteroatoms. The third-order valence-corrected chi connectivity index (χ3v) is 4.42. The van der Waals surface area contributed by atoms with Gasteiger partial charge >= 0.3 is 0 Å². The van der Waals surface area contributed by atoms with Crippen molar-refractivity contribution in [2.75, 3.05) is 0 Å². The summed E-state index contributed by atoms with van der Waals surface area (Å²) in [7, 11) is 0. The van der Waals surface area contributed by atoms with E-state index in [1.165, 1.54) is 0 Å². The van der Waals surface area contributed by atoms with Crippen LogP contribution in [0.2, 0.25) is 0 Å². The zero-order valence-corrected chi connectivity index (χ0v) is 14.3. The van der Waals surface area contributed by atoms with Gasteiger partial charge in [-0.3, -0.25) is 4.79 Å². The fourth-order valence-electron chi connectivity index (χ4n) is 2.97. The molecule has 0 aliphatic heterocycles. The van der Waals surface area contributed by atoms with Gasteiger partial charge in [-0.05, 0) is 50.5 Å². The number of aryl methyl sites for hydroxylation is 2. The summed E-state index contributed by atoms with van der Waals surface area (Å²) < 4.78 is 12.6. The van der Waals surface area contributed by atoms with E-state index in [1.54, 1.807) is 12.3 Å². The number of nitrogens with zero attached hydrogens (tertiary/aromatic N) is 3. The van der Waals surface area contributed by atoms with Gasteiger partial charge in [0.25, 0.3) is 5.89 Å². The van der Waals surface area contributed by atoms with Crippen LogP contribution in [0.5, 0.6) is 0 Å². The summed E-state index contributed by atoms with van der Waals surface area (Å²) in [5, 5.41) is 6.94. The molecular weight excluding hydrogens is 320 g/mol.